The smallest absolute Gasteiger partial charge is 0.136 e. The van der Waals surface area contributed by atoms with Gasteiger partial charge in [0.25, 0.3) is 0 Å². The van der Waals surface area contributed by atoms with E-state index in [1.54, 1.807) is 12.1 Å². The van der Waals surface area contributed by atoms with Crippen LogP contribution in [0.25, 0.3) is 110 Å². The molecule has 53 heavy (non-hydrogen) atoms. The molecule has 0 radical (unpaired) electrons. The Morgan fingerprint density at radius 1 is 0.321 bits per heavy atom. The van der Waals surface area contributed by atoms with Crippen LogP contribution in [0.3, 0.4) is 0 Å². The first kappa shape index (κ1) is 19.6. The highest BCUT2D eigenvalue weighted by atomic mass is 16.3. The molecule has 0 saturated heterocycles. The molecule has 246 valence electrons. The van der Waals surface area contributed by atoms with Crippen molar-refractivity contribution in [3.05, 3.63) is 194 Å². The highest BCUT2D eigenvalue weighted by Crippen LogP contribution is 2.44. The molecule has 0 N–H and O–H groups in total. The Labute approximate surface area is 325 Å². The Balaban J connectivity index is 1.10. The second-order valence-corrected chi connectivity index (χ2v) is 13.1. The van der Waals surface area contributed by atoms with Gasteiger partial charge in [-0.05, 0) is 124 Å². The number of fused-ring (bicyclic) bond motifs is 7. The molecule has 0 atom stereocenters. The van der Waals surface area contributed by atoms with Crippen molar-refractivity contribution in [2.24, 2.45) is 0 Å². The standard InChI is InChI=1S/C52H32O/c1-2-12-34(13-3-1)51-44-16-6-8-18-46(44)52(47-19-9-7-17-45(47)51)40-24-23-35-29-36(21-22-37(35)30-40)38-25-27-43-48-31-39(26-28-49(48)53-50(43)32-38)42-20-10-14-33-11-4-5-15-41(33)42/h1-32H/i1D,2D,3D,6D,7D,8D,9D,12D,13D,16D,17D,18D,19D. The number of furan rings is 1. The molecule has 0 fully saturated rings. The van der Waals surface area contributed by atoms with Crippen molar-refractivity contribution in [3.8, 4) is 44.5 Å². The summed E-state index contributed by atoms with van der Waals surface area (Å²) < 4.78 is 121. The fraction of sp³-hybridized carbons (Fsp3) is 0. The Hall–Kier alpha value is -6.96. The molecular formula is C52H32O. The molecule has 0 unspecified atom stereocenters. The lowest BCUT2D eigenvalue weighted by molar-refractivity contribution is 0.669. The summed E-state index contributed by atoms with van der Waals surface area (Å²) in [4.78, 5) is 0. The maximum Gasteiger partial charge on any atom is 0.136 e. The second-order valence-electron chi connectivity index (χ2n) is 13.1. The number of benzene rings is 10. The average molecular weight is 686 g/mol. The second kappa shape index (κ2) is 11.8. The van der Waals surface area contributed by atoms with Crippen molar-refractivity contribution < 1.29 is 22.2 Å². The zero-order valence-corrected chi connectivity index (χ0v) is 27.9. The minimum atomic E-state index is -0.712. The van der Waals surface area contributed by atoms with Crippen LogP contribution < -0.4 is 0 Å². The van der Waals surface area contributed by atoms with Crippen molar-refractivity contribution in [1.29, 1.82) is 0 Å². The lowest BCUT2D eigenvalue weighted by Crippen LogP contribution is -1.90. The molecule has 0 bridgehead atoms. The van der Waals surface area contributed by atoms with Gasteiger partial charge in [-0.2, -0.15) is 0 Å². The lowest BCUT2D eigenvalue weighted by Gasteiger charge is -2.18. The van der Waals surface area contributed by atoms with Gasteiger partial charge in [-0.25, -0.2) is 0 Å². The van der Waals surface area contributed by atoms with Crippen molar-refractivity contribution in [3.63, 3.8) is 0 Å². The number of hydrogen-bond acceptors (Lipinski definition) is 1. The predicted molar refractivity (Wildman–Crippen MR) is 225 cm³/mol. The van der Waals surface area contributed by atoms with Gasteiger partial charge >= 0.3 is 0 Å². The molecule has 10 aromatic carbocycles. The third-order valence-corrected chi connectivity index (χ3v) is 10.2. The van der Waals surface area contributed by atoms with Gasteiger partial charge < -0.3 is 4.42 Å². The third-order valence-electron chi connectivity index (χ3n) is 10.2. The average Bonchev–Trinajstić information content (AvgIpc) is 3.71. The number of hydrogen-bond donors (Lipinski definition) is 0. The predicted octanol–water partition coefficient (Wildman–Crippen LogP) is 14.9. The summed E-state index contributed by atoms with van der Waals surface area (Å²) >= 11 is 0. The van der Waals surface area contributed by atoms with Crippen LogP contribution in [0, 0.1) is 0 Å². The summed E-state index contributed by atoms with van der Waals surface area (Å²) in [7, 11) is 0. The van der Waals surface area contributed by atoms with Crippen molar-refractivity contribution in [2.45, 2.75) is 0 Å². The first-order chi connectivity index (χ1) is 31.7. The maximum absolute atomic E-state index is 9.27. The van der Waals surface area contributed by atoms with E-state index in [2.05, 4.69) is 48.5 Å². The largest absolute Gasteiger partial charge is 0.456 e. The summed E-state index contributed by atoms with van der Waals surface area (Å²) in [5.74, 6) is 0. The van der Waals surface area contributed by atoms with E-state index in [4.69, 9.17) is 16.8 Å². The molecule has 0 amide bonds. The van der Waals surface area contributed by atoms with E-state index < -0.39 is 84.1 Å². The van der Waals surface area contributed by atoms with Gasteiger partial charge in [0, 0.05) is 10.8 Å². The Morgan fingerprint density at radius 3 is 1.66 bits per heavy atom. The fourth-order valence-corrected chi connectivity index (χ4v) is 7.72. The topological polar surface area (TPSA) is 13.1 Å². The van der Waals surface area contributed by atoms with Crippen LogP contribution in [0.2, 0.25) is 0 Å². The Morgan fingerprint density at radius 2 is 0.906 bits per heavy atom. The molecule has 0 aliphatic rings. The van der Waals surface area contributed by atoms with Gasteiger partial charge in [-0.1, -0.05) is 157 Å². The summed E-state index contributed by atoms with van der Waals surface area (Å²) in [5.41, 5.74) is 5.24. The van der Waals surface area contributed by atoms with Gasteiger partial charge in [0.15, 0.2) is 0 Å². The Kier molecular flexibility index (Phi) is 4.36. The molecule has 11 rings (SSSR count). The molecule has 1 aromatic heterocycles. The molecule has 11 aromatic rings. The van der Waals surface area contributed by atoms with Crippen LogP contribution in [-0.2, 0) is 0 Å². The van der Waals surface area contributed by atoms with Crippen LogP contribution in [0.4, 0.5) is 0 Å². The van der Waals surface area contributed by atoms with Crippen LogP contribution >= 0.6 is 0 Å². The normalized spacial score (nSPS) is 15.2. The molecular weight excluding hydrogens is 641 g/mol. The highest BCUT2D eigenvalue weighted by molar-refractivity contribution is 6.21. The molecule has 1 heterocycles. The van der Waals surface area contributed by atoms with Crippen LogP contribution in [-0.4, -0.2) is 0 Å². The zero-order chi connectivity index (χ0) is 46.2. The van der Waals surface area contributed by atoms with Gasteiger partial charge in [-0.3, -0.25) is 0 Å². The minimum absolute atomic E-state index is 0.0834. The van der Waals surface area contributed by atoms with Crippen molar-refractivity contribution in [1.82, 2.24) is 0 Å². The van der Waals surface area contributed by atoms with Crippen LogP contribution in [0.1, 0.15) is 17.8 Å². The first-order valence-electron chi connectivity index (χ1n) is 23.7. The summed E-state index contributed by atoms with van der Waals surface area (Å²) in [6, 6.07) is 29.9. The van der Waals surface area contributed by atoms with Crippen LogP contribution in [0.5, 0.6) is 0 Å². The number of rotatable bonds is 4. The zero-order valence-electron chi connectivity index (χ0n) is 40.9. The SMILES string of the molecule is [2H]c1c([2H])c([2H])c(-c2c3c([2H])c([2H])c([2H])c([2H])c3c(-c3ccc4cc(-c5ccc6c(c5)oc5ccc(-c7cccc8ccccc78)cc56)ccc4c3)c3c([2H])c([2H])c([2H])c([2H])c23)c([2H])c1[2H]. The van der Waals surface area contributed by atoms with E-state index in [9.17, 15) is 5.48 Å². The van der Waals surface area contributed by atoms with Crippen molar-refractivity contribution in [2.75, 3.05) is 0 Å². The van der Waals surface area contributed by atoms with Gasteiger partial charge in [0.2, 0.25) is 0 Å². The lowest BCUT2D eigenvalue weighted by atomic mass is 9.85. The summed E-state index contributed by atoms with van der Waals surface area (Å²) in [6.45, 7) is 0. The molecule has 0 aliphatic carbocycles. The quantitative estimate of drug-likeness (QED) is 0.168. The van der Waals surface area contributed by atoms with E-state index in [0.717, 1.165) is 55.0 Å². The molecule has 0 spiro atoms. The van der Waals surface area contributed by atoms with Crippen molar-refractivity contribution >= 4 is 65.0 Å². The molecule has 0 saturated carbocycles. The summed E-state index contributed by atoms with van der Waals surface area (Å²) in [6.07, 6.45) is 0. The summed E-state index contributed by atoms with van der Waals surface area (Å²) in [5, 5.41) is 5.12. The minimum Gasteiger partial charge on any atom is -0.456 e. The Bertz CT molecular complexity index is 3870. The van der Waals surface area contributed by atoms with E-state index in [0.29, 0.717) is 5.56 Å². The highest BCUT2D eigenvalue weighted by Gasteiger charge is 2.17. The molecule has 1 heteroatoms. The maximum atomic E-state index is 9.27. The van der Waals surface area contributed by atoms with E-state index >= 15 is 0 Å². The van der Waals surface area contributed by atoms with E-state index in [1.165, 1.54) is 10.8 Å². The van der Waals surface area contributed by atoms with E-state index in [-0.39, 0.29) is 32.7 Å². The molecule has 0 aliphatic heterocycles. The van der Waals surface area contributed by atoms with Gasteiger partial charge in [-0.15, -0.1) is 0 Å². The van der Waals surface area contributed by atoms with Gasteiger partial charge in [0.05, 0.1) is 17.8 Å². The van der Waals surface area contributed by atoms with Gasteiger partial charge in [0.1, 0.15) is 11.2 Å². The molecule has 1 nitrogen and oxygen atoms in total. The fourth-order valence-electron chi connectivity index (χ4n) is 7.72. The first-order valence-corrected chi connectivity index (χ1v) is 17.2. The monoisotopic (exact) mass is 685 g/mol. The van der Waals surface area contributed by atoms with Crippen LogP contribution in [0.15, 0.2) is 198 Å². The van der Waals surface area contributed by atoms with E-state index in [1.807, 2.05) is 54.6 Å². The third kappa shape index (κ3) is 4.79.